The Labute approximate surface area is 277 Å². The van der Waals surface area contributed by atoms with Crippen LogP contribution in [0.3, 0.4) is 0 Å². The summed E-state index contributed by atoms with van der Waals surface area (Å²) in [7, 11) is -3.02. The summed E-state index contributed by atoms with van der Waals surface area (Å²) in [5.74, 6) is 0. The van der Waals surface area contributed by atoms with Gasteiger partial charge in [0.15, 0.2) is 0 Å². The fourth-order valence-corrected chi connectivity index (χ4v) is 21.3. The fourth-order valence-electron chi connectivity index (χ4n) is 7.03. The molecule has 5 aromatic rings. The Balaban J connectivity index is 0.00000442. The predicted molar refractivity (Wildman–Crippen MR) is 203 cm³/mol. The molecule has 0 saturated carbocycles. The second kappa shape index (κ2) is 14.5. The SMILES string of the molecule is Br.CCCCCCP(O[Si](c1ccccc1)(c1ccccc1)C(C)(C)C)(c1ccccc1)(c1ccccc1)c1ccccc1. The van der Waals surface area contributed by atoms with Crippen LogP contribution in [0.2, 0.25) is 5.04 Å². The van der Waals surface area contributed by atoms with Gasteiger partial charge in [-0.25, -0.2) is 0 Å². The van der Waals surface area contributed by atoms with Gasteiger partial charge in [0.05, 0.1) is 0 Å². The van der Waals surface area contributed by atoms with E-state index in [9.17, 15) is 0 Å². The molecular weight excluding hydrogens is 635 g/mol. The molecule has 0 heterocycles. The second-order valence-electron chi connectivity index (χ2n) is 12.8. The van der Waals surface area contributed by atoms with Crippen molar-refractivity contribution in [2.45, 2.75) is 58.4 Å². The van der Waals surface area contributed by atoms with Crippen molar-refractivity contribution in [1.82, 2.24) is 0 Å². The summed E-state index contributed by atoms with van der Waals surface area (Å²) in [6.07, 6.45) is 5.68. The summed E-state index contributed by atoms with van der Waals surface area (Å²) < 4.78 is 8.76. The van der Waals surface area contributed by atoms with E-state index in [0.29, 0.717) is 0 Å². The summed E-state index contributed by atoms with van der Waals surface area (Å²) in [6.45, 7) is 5.90. The molecule has 0 aromatic heterocycles. The van der Waals surface area contributed by atoms with Crippen molar-refractivity contribution in [3.63, 3.8) is 0 Å². The molecule has 0 amide bonds. The molecule has 0 radical (unpaired) electrons. The maximum atomic E-state index is 8.76. The van der Waals surface area contributed by atoms with Crippen LogP contribution in [0.5, 0.6) is 0 Å². The molecule has 5 rings (SSSR count). The first-order valence-electron chi connectivity index (χ1n) is 15.9. The molecule has 0 aliphatic carbocycles. The van der Waals surface area contributed by atoms with E-state index in [4.69, 9.17) is 4.21 Å². The summed E-state index contributed by atoms with van der Waals surface area (Å²) in [5, 5.41) is 6.42. The first-order chi connectivity index (χ1) is 20.9. The van der Waals surface area contributed by atoms with E-state index < -0.39 is 15.1 Å². The molecule has 5 aromatic carbocycles. The molecule has 44 heavy (non-hydrogen) atoms. The van der Waals surface area contributed by atoms with Gasteiger partial charge in [-0.3, -0.25) is 0 Å². The van der Waals surface area contributed by atoms with Gasteiger partial charge in [0.25, 0.3) is 0 Å². The average Bonchev–Trinajstić information content (AvgIpc) is 3.06. The first kappa shape index (κ1) is 34.1. The number of halogens is 1. The van der Waals surface area contributed by atoms with E-state index in [1.807, 2.05) is 0 Å². The molecule has 4 heteroatoms. The Morgan fingerprint density at radius 3 is 1.16 bits per heavy atom. The third-order valence-electron chi connectivity index (χ3n) is 9.10. The van der Waals surface area contributed by atoms with Crippen LogP contribution in [0.1, 0.15) is 53.4 Å². The number of rotatable bonds is 12. The van der Waals surface area contributed by atoms with Gasteiger partial charge < -0.3 is 0 Å². The van der Waals surface area contributed by atoms with Gasteiger partial charge in [0.1, 0.15) is 0 Å². The summed E-state index contributed by atoms with van der Waals surface area (Å²) in [4.78, 5) is 0. The van der Waals surface area contributed by atoms with Crippen molar-refractivity contribution in [2.24, 2.45) is 0 Å². The number of hydrogen-bond acceptors (Lipinski definition) is 1. The topological polar surface area (TPSA) is 9.23 Å². The summed E-state index contributed by atoms with van der Waals surface area (Å²) >= 11 is 0. The third-order valence-corrected chi connectivity index (χ3v) is 21.6. The molecule has 0 aliphatic heterocycles. The average molecular weight is 684 g/mol. The number of hydrogen-bond donors (Lipinski definition) is 0. The zero-order valence-corrected chi connectivity index (χ0v) is 30.3. The van der Waals surface area contributed by atoms with Gasteiger partial charge in [0, 0.05) is 0 Å². The van der Waals surface area contributed by atoms with Crippen LogP contribution in [0.25, 0.3) is 0 Å². The van der Waals surface area contributed by atoms with Crippen molar-refractivity contribution in [3.8, 4) is 0 Å². The van der Waals surface area contributed by atoms with Gasteiger partial charge in [-0.2, -0.15) is 0 Å². The fraction of sp³-hybridized carbons (Fsp3) is 0.250. The Hall–Kier alpha value is -2.81. The van der Waals surface area contributed by atoms with Crippen LogP contribution in [0.15, 0.2) is 152 Å². The van der Waals surface area contributed by atoms with Crippen LogP contribution in [-0.2, 0) is 4.21 Å². The quantitative estimate of drug-likeness (QED) is 0.0724. The Morgan fingerprint density at radius 2 is 0.841 bits per heavy atom. The molecule has 0 fully saturated rings. The van der Waals surface area contributed by atoms with Gasteiger partial charge in [-0.05, 0) is 0 Å². The molecule has 0 spiro atoms. The van der Waals surface area contributed by atoms with Crippen LogP contribution in [-0.4, -0.2) is 14.5 Å². The van der Waals surface area contributed by atoms with Crippen molar-refractivity contribution < 1.29 is 4.21 Å². The molecule has 230 valence electrons. The zero-order valence-electron chi connectivity index (χ0n) is 26.7. The number of unbranched alkanes of at least 4 members (excludes halogenated alkanes) is 3. The van der Waals surface area contributed by atoms with Gasteiger partial charge in [0.2, 0.25) is 0 Å². The van der Waals surface area contributed by atoms with Crippen LogP contribution in [0, 0.1) is 0 Å². The Kier molecular flexibility index (Phi) is 11.2. The van der Waals surface area contributed by atoms with Gasteiger partial charge in [-0.1, -0.05) is 0 Å². The van der Waals surface area contributed by atoms with Gasteiger partial charge in [-0.15, -0.1) is 17.0 Å². The van der Waals surface area contributed by atoms with E-state index in [1.165, 1.54) is 45.5 Å². The monoisotopic (exact) mass is 682 g/mol. The van der Waals surface area contributed by atoms with E-state index in [-0.39, 0.29) is 22.0 Å². The molecule has 0 saturated heterocycles. The molecule has 0 atom stereocenters. The van der Waals surface area contributed by atoms with Crippen LogP contribution in [0.4, 0.5) is 0 Å². The van der Waals surface area contributed by atoms with Crippen molar-refractivity contribution in [1.29, 1.82) is 0 Å². The van der Waals surface area contributed by atoms with Crippen LogP contribution >= 0.6 is 23.8 Å². The molecule has 0 bridgehead atoms. The van der Waals surface area contributed by atoms with Crippen molar-refractivity contribution in [3.05, 3.63) is 152 Å². The second-order valence-corrected chi connectivity index (χ2v) is 21.9. The number of benzene rings is 5. The van der Waals surface area contributed by atoms with Gasteiger partial charge >= 0.3 is 262 Å². The van der Waals surface area contributed by atoms with E-state index in [2.05, 4.69) is 179 Å². The molecular formula is C40H48BrOPSi. The zero-order chi connectivity index (χ0) is 30.3. The molecule has 0 unspecified atom stereocenters. The summed E-state index contributed by atoms with van der Waals surface area (Å²) in [6, 6.07) is 56.2. The first-order valence-corrected chi connectivity index (χ1v) is 20.1. The minimum absolute atomic E-state index is 0. The Morgan fingerprint density at radius 1 is 0.500 bits per heavy atom. The molecule has 0 N–H and O–H groups in total. The standard InChI is InChI=1S/C40H47OPSi.BrH/c1-5-6-7-23-34-42(35-24-13-8-14-25-35,36-26-15-9-16-27-36,37-28-17-10-18-29-37)41-43(40(2,3)4,38-30-19-11-20-31-38)39-32-21-12-22-33-39;/h8-22,24-33H,5-7,23,34H2,1-4H3;1H. The van der Waals surface area contributed by atoms with E-state index in [0.717, 1.165) is 12.6 Å². The summed E-state index contributed by atoms with van der Waals surface area (Å²) in [5.41, 5.74) is 0. The van der Waals surface area contributed by atoms with Crippen LogP contribution < -0.4 is 26.3 Å². The van der Waals surface area contributed by atoms with Crippen molar-refractivity contribution in [2.75, 3.05) is 6.16 Å². The minimum atomic E-state index is -3.62. The van der Waals surface area contributed by atoms with E-state index >= 15 is 0 Å². The molecule has 1 nitrogen and oxygen atoms in total. The predicted octanol–water partition coefficient (Wildman–Crippen LogP) is 9.17. The maximum absolute atomic E-state index is 8.76. The third kappa shape index (κ3) is 6.05. The Bertz CT molecular complexity index is 1420. The molecule has 0 aliphatic rings. The van der Waals surface area contributed by atoms with E-state index in [1.54, 1.807) is 0 Å². The van der Waals surface area contributed by atoms with Crippen molar-refractivity contribution >= 4 is 58.4 Å². The normalized spacial score (nSPS) is 13.0.